The van der Waals surface area contributed by atoms with E-state index >= 15 is 0 Å². The van der Waals surface area contributed by atoms with E-state index < -0.39 is 5.82 Å². The molecule has 1 heterocycles. The molecular formula is C14H16Cl2FN3. The van der Waals surface area contributed by atoms with Gasteiger partial charge in [0.25, 0.3) is 0 Å². The van der Waals surface area contributed by atoms with E-state index in [1.165, 1.54) is 12.1 Å². The van der Waals surface area contributed by atoms with Crippen LogP contribution < -0.4 is 5.32 Å². The van der Waals surface area contributed by atoms with Crippen molar-refractivity contribution < 1.29 is 4.39 Å². The molecule has 3 nitrogen and oxygen atoms in total. The van der Waals surface area contributed by atoms with Crippen LogP contribution in [0.15, 0.2) is 18.3 Å². The summed E-state index contributed by atoms with van der Waals surface area (Å²) >= 11 is 11.7. The third-order valence-corrected chi connectivity index (χ3v) is 3.29. The fourth-order valence-electron chi connectivity index (χ4n) is 1.80. The monoisotopic (exact) mass is 315 g/mol. The fraction of sp³-hybridized carbons (Fsp3) is 0.357. The molecule has 0 saturated carbocycles. The van der Waals surface area contributed by atoms with Crippen molar-refractivity contribution in [1.82, 2.24) is 9.55 Å². The summed E-state index contributed by atoms with van der Waals surface area (Å²) in [7, 11) is 0. The number of anilines is 1. The molecular weight excluding hydrogens is 300 g/mol. The Kier molecular flexibility index (Phi) is 4.55. The average molecular weight is 316 g/mol. The quantitative estimate of drug-likeness (QED) is 0.829. The first-order chi connectivity index (χ1) is 9.38. The van der Waals surface area contributed by atoms with E-state index in [2.05, 4.69) is 24.1 Å². The van der Waals surface area contributed by atoms with Gasteiger partial charge in [0.2, 0.25) is 5.95 Å². The van der Waals surface area contributed by atoms with E-state index in [0.717, 1.165) is 12.2 Å². The summed E-state index contributed by atoms with van der Waals surface area (Å²) in [5.41, 5.74) is 1.53. The Morgan fingerprint density at radius 1 is 1.30 bits per heavy atom. The standard InChI is InChI=1S/C14H16Cl2FN3/c1-8(2)6-18-14-19-9(3)7-20(14)10-4-11(15)13(17)12(16)5-10/h4-5,7-8H,6H2,1-3H3,(H,18,19). The number of halogens is 3. The van der Waals surface area contributed by atoms with Crippen LogP contribution in [0.3, 0.4) is 0 Å². The number of hydrogen-bond acceptors (Lipinski definition) is 2. The molecule has 0 fully saturated rings. The Morgan fingerprint density at radius 2 is 1.90 bits per heavy atom. The zero-order valence-electron chi connectivity index (χ0n) is 11.5. The molecule has 20 heavy (non-hydrogen) atoms. The molecule has 0 spiro atoms. The molecule has 1 aromatic heterocycles. The van der Waals surface area contributed by atoms with Gasteiger partial charge in [-0.3, -0.25) is 4.57 Å². The molecule has 6 heteroatoms. The molecule has 0 amide bonds. The van der Waals surface area contributed by atoms with Crippen molar-refractivity contribution in [3.05, 3.63) is 39.9 Å². The Hall–Kier alpha value is -1.26. The summed E-state index contributed by atoms with van der Waals surface area (Å²) < 4.78 is 15.3. The van der Waals surface area contributed by atoms with E-state index in [1.807, 2.05) is 17.7 Å². The van der Waals surface area contributed by atoms with E-state index in [1.54, 1.807) is 0 Å². The molecule has 1 aromatic carbocycles. The number of aryl methyl sites for hydroxylation is 1. The lowest BCUT2D eigenvalue weighted by Gasteiger charge is -2.12. The highest BCUT2D eigenvalue weighted by Gasteiger charge is 2.12. The van der Waals surface area contributed by atoms with Crippen molar-refractivity contribution in [1.29, 1.82) is 0 Å². The van der Waals surface area contributed by atoms with Gasteiger partial charge in [-0.1, -0.05) is 37.0 Å². The van der Waals surface area contributed by atoms with Crippen LogP contribution in [-0.2, 0) is 0 Å². The van der Waals surface area contributed by atoms with Crippen molar-refractivity contribution >= 4 is 29.2 Å². The highest BCUT2D eigenvalue weighted by molar-refractivity contribution is 6.35. The lowest BCUT2D eigenvalue weighted by atomic mass is 10.2. The summed E-state index contributed by atoms with van der Waals surface area (Å²) in [6.45, 7) is 6.90. The smallest absolute Gasteiger partial charge is 0.207 e. The number of rotatable bonds is 4. The predicted octanol–water partition coefficient (Wildman–Crippen LogP) is 4.69. The summed E-state index contributed by atoms with van der Waals surface area (Å²) in [6, 6.07) is 3.06. The van der Waals surface area contributed by atoms with Gasteiger partial charge in [-0.15, -0.1) is 0 Å². The maximum absolute atomic E-state index is 13.5. The summed E-state index contributed by atoms with van der Waals surface area (Å²) in [4.78, 5) is 4.41. The second-order valence-electron chi connectivity index (χ2n) is 5.07. The van der Waals surface area contributed by atoms with Crippen LogP contribution >= 0.6 is 23.2 Å². The van der Waals surface area contributed by atoms with E-state index in [0.29, 0.717) is 17.6 Å². The summed E-state index contributed by atoms with van der Waals surface area (Å²) in [6.07, 6.45) is 1.85. The minimum absolute atomic E-state index is 0.00587. The zero-order chi connectivity index (χ0) is 14.9. The van der Waals surface area contributed by atoms with Crippen LogP contribution in [0.5, 0.6) is 0 Å². The van der Waals surface area contributed by atoms with Crippen molar-refractivity contribution in [2.24, 2.45) is 5.92 Å². The number of hydrogen-bond donors (Lipinski definition) is 1. The zero-order valence-corrected chi connectivity index (χ0v) is 13.1. The highest BCUT2D eigenvalue weighted by Crippen LogP contribution is 2.28. The van der Waals surface area contributed by atoms with Gasteiger partial charge < -0.3 is 5.32 Å². The summed E-state index contributed by atoms with van der Waals surface area (Å²) in [5.74, 6) is 0.571. The average Bonchev–Trinajstić information content (AvgIpc) is 2.74. The van der Waals surface area contributed by atoms with Crippen molar-refractivity contribution in [3.8, 4) is 5.69 Å². The third kappa shape index (κ3) is 3.25. The van der Waals surface area contributed by atoms with E-state index in [9.17, 15) is 4.39 Å². The first-order valence-corrected chi connectivity index (χ1v) is 7.09. The van der Waals surface area contributed by atoms with Crippen LogP contribution in [0, 0.1) is 18.7 Å². The van der Waals surface area contributed by atoms with Gasteiger partial charge in [-0.25, -0.2) is 9.37 Å². The number of nitrogens with one attached hydrogen (secondary N) is 1. The molecule has 0 unspecified atom stereocenters. The maximum Gasteiger partial charge on any atom is 0.207 e. The molecule has 2 aromatic rings. The van der Waals surface area contributed by atoms with Crippen LogP contribution in [0.2, 0.25) is 10.0 Å². The minimum atomic E-state index is -0.606. The molecule has 0 aliphatic carbocycles. The normalized spacial score (nSPS) is 11.2. The molecule has 0 bridgehead atoms. The molecule has 0 aliphatic heterocycles. The number of aromatic nitrogens is 2. The Bertz CT molecular complexity index is 600. The van der Waals surface area contributed by atoms with Gasteiger partial charge in [0.1, 0.15) is 0 Å². The van der Waals surface area contributed by atoms with Gasteiger partial charge in [-0.05, 0) is 25.0 Å². The molecule has 1 N–H and O–H groups in total. The van der Waals surface area contributed by atoms with E-state index in [-0.39, 0.29) is 10.0 Å². The van der Waals surface area contributed by atoms with Gasteiger partial charge in [0, 0.05) is 12.7 Å². The van der Waals surface area contributed by atoms with Crippen molar-refractivity contribution in [2.45, 2.75) is 20.8 Å². The van der Waals surface area contributed by atoms with Gasteiger partial charge in [0.05, 0.1) is 21.4 Å². The molecule has 0 atom stereocenters. The second-order valence-corrected chi connectivity index (χ2v) is 5.89. The largest absolute Gasteiger partial charge is 0.355 e. The lowest BCUT2D eigenvalue weighted by molar-refractivity contribution is 0.628. The predicted molar refractivity (Wildman–Crippen MR) is 81.6 cm³/mol. The lowest BCUT2D eigenvalue weighted by Crippen LogP contribution is -2.12. The molecule has 0 saturated heterocycles. The Balaban J connectivity index is 2.42. The molecule has 108 valence electrons. The molecule has 0 radical (unpaired) electrons. The maximum atomic E-state index is 13.5. The second kappa shape index (κ2) is 6.02. The van der Waals surface area contributed by atoms with Crippen LogP contribution in [0.4, 0.5) is 10.3 Å². The van der Waals surface area contributed by atoms with E-state index in [4.69, 9.17) is 23.2 Å². The van der Waals surface area contributed by atoms with Gasteiger partial charge >= 0.3 is 0 Å². The number of benzene rings is 1. The molecule has 0 aliphatic rings. The topological polar surface area (TPSA) is 29.9 Å². The molecule has 2 rings (SSSR count). The Labute approximate surface area is 127 Å². The van der Waals surface area contributed by atoms with Crippen molar-refractivity contribution in [3.63, 3.8) is 0 Å². The Morgan fingerprint density at radius 3 is 2.45 bits per heavy atom. The third-order valence-electron chi connectivity index (χ3n) is 2.74. The minimum Gasteiger partial charge on any atom is -0.355 e. The van der Waals surface area contributed by atoms with Crippen LogP contribution in [-0.4, -0.2) is 16.1 Å². The number of imidazole rings is 1. The first-order valence-electron chi connectivity index (χ1n) is 6.33. The fourth-order valence-corrected chi connectivity index (χ4v) is 2.27. The van der Waals surface area contributed by atoms with Gasteiger partial charge in [-0.2, -0.15) is 0 Å². The SMILES string of the molecule is Cc1cn(-c2cc(Cl)c(F)c(Cl)c2)c(NCC(C)C)n1. The number of nitrogens with zero attached hydrogens (tertiary/aromatic N) is 2. The van der Waals surface area contributed by atoms with Crippen LogP contribution in [0.25, 0.3) is 5.69 Å². The summed E-state index contributed by atoms with van der Waals surface area (Å²) in [5, 5.41) is 3.25. The van der Waals surface area contributed by atoms with Crippen molar-refractivity contribution in [2.75, 3.05) is 11.9 Å². The first kappa shape index (κ1) is 15.1. The highest BCUT2D eigenvalue weighted by atomic mass is 35.5. The van der Waals surface area contributed by atoms with Gasteiger partial charge in [0.15, 0.2) is 5.82 Å². The van der Waals surface area contributed by atoms with Crippen LogP contribution in [0.1, 0.15) is 19.5 Å².